The largest absolute Gasteiger partial charge is 0.455 e. The number of amides is 1. The standard InChI is InChI=1S/C18H16ClFN2O5/c1-10-6-7-15(22(25)26)18(11(10)2)21-16(23)9-27-17(24)8-12-13(19)4-3-5-14(12)20/h3-7H,8-9H2,1-2H3,(H,21,23). The van der Waals surface area contributed by atoms with Crippen LogP contribution in [-0.4, -0.2) is 23.4 Å². The molecule has 0 atom stereocenters. The van der Waals surface area contributed by atoms with Crippen LogP contribution in [0.25, 0.3) is 0 Å². The van der Waals surface area contributed by atoms with Crippen molar-refractivity contribution in [2.75, 3.05) is 11.9 Å². The Hall–Kier alpha value is -3.00. The lowest BCUT2D eigenvalue weighted by molar-refractivity contribution is -0.384. The van der Waals surface area contributed by atoms with Crippen molar-refractivity contribution in [3.63, 3.8) is 0 Å². The highest BCUT2D eigenvalue weighted by Crippen LogP contribution is 2.30. The van der Waals surface area contributed by atoms with E-state index in [2.05, 4.69) is 5.32 Å². The zero-order valence-electron chi connectivity index (χ0n) is 14.5. The van der Waals surface area contributed by atoms with Gasteiger partial charge in [0.05, 0.1) is 11.3 Å². The molecule has 27 heavy (non-hydrogen) atoms. The average molecular weight is 395 g/mol. The molecule has 0 aliphatic heterocycles. The van der Waals surface area contributed by atoms with Crippen LogP contribution in [0.4, 0.5) is 15.8 Å². The second-order valence-corrected chi connectivity index (χ2v) is 6.15. The lowest BCUT2D eigenvalue weighted by Crippen LogP contribution is -2.23. The SMILES string of the molecule is Cc1ccc([N+](=O)[O-])c(NC(=O)COC(=O)Cc2c(F)cccc2Cl)c1C. The fourth-order valence-electron chi connectivity index (χ4n) is 2.33. The van der Waals surface area contributed by atoms with Crippen LogP contribution in [-0.2, 0) is 20.7 Å². The van der Waals surface area contributed by atoms with E-state index in [4.69, 9.17) is 16.3 Å². The van der Waals surface area contributed by atoms with Crippen LogP contribution in [0.5, 0.6) is 0 Å². The minimum atomic E-state index is -0.854. The zero-order valence-corrected chi connectivity index (χ0v) is 15.3. The summed E-state index contributed by atoms with van der Waals surface area (Å²) in [5, 5.41) is 13.6. The number of nitrogens with zero attached hydrogens (tertiary/aromatic N) is 1. The summed E-state index contributed by atoms with van der Waals surface area (Å²) in [6.45, 7) is 2.70. The summed E-state index contributed by atoms with van der Waals surface area (Å²) >= 11 is 5.83. The monoisotopic (exact) mass is 394 g/mol. The van der Waals surface area contributed by atoms with Crippen molar-refractivity contribution >= 4 is 34.9 Å². The van der Waals surface area contributed by atoms with Crippen LogP contribution in [0.2, 0.25) is 5.02 Å². The number of nitro groups is 1. The number of carbonyl (C=O) groups excluding carboxylic acids is 2. The lowest BCUT2D eigenvalue weighted by atomic mass is 10.1. The number of hydrogen-bond acceptors (Lipinski definition) is 5. The molecule has 0 bridgehead atoms. The molecule has 0 fully saturated rings. The van der Waals surface area contributed by atoms with Gasteiger partial charge in [-0.2, -0.15) is 0 Å². The summed E-state index contributed by atoms with van der Waals surface area (Å²) < 4.78 is 18.5. The van der Waals surface area contributed by atoms with E-state index in [0.717, 1.165) is 11.6 Å². The van der Waals surface area contributed by atoms with E-state index < -0.39 is 35.6 Å². The highest BCUT2D eigenvalue weighted by atomic mass is 35.5. The van der Waals surface area contributed by atoms with Crippen molar-refractivity contribution in [1.82, 2.24) is 0 Å². The molecule has 0 aliphatic carbocycles. The van der Waals surface area contributed by atoms with Crippen molar-refractivity contribution in [2.24, 2.45) is 0 Å². The number of hydrogen-bond donors (Lipinski definition) is 1. The number of ether oxygens (including phenoxy) is 1. The number of rotatable bonds is 6. The molecule has 7 nitrogen and oxygen atoms in total. The van der Waals surface area contributed by atoms with Gasteiger partial charge >= 0.3 is 5.97 Å². The maximum atomic E-state index is 13.7. The van der Waals surface area contributed by atoms with Gasteiger partial charge in [-0.3, -0.25) is 19.7 Å². The fourth-order valence-corrected chi connectivity index (χ4v) is 2.56. The summed E-state index contributed by atoms with van der Waals surface area (Å²) in [6, 6.07) is 6.84. The number of nitrogens with one attached hydrogen (secondary N) is 1. The Kier molecular flexibility index (Phi) is 6.46. The smallest absolute Gasteiger partial charge is 0.310 e. The van der Waals surface area contributed by atoms with Crippen LogP contribution in [0.3, 0.4) is 0 Å². The molecule has 0 heterocycles. The van der Waals surface area contributed by atoms with E-state index in [1.165, 1.54) is 18.2 Å². The molecule has 0 saturated carbocycles. The number of carbonyl (C=O) groups is 2. The van der Waals surface area contributed by atoms with Crippen LogP contribution >= 0.6 is 11.6 Å². The van der Waals surface area contributed by atoms with E-state index in [-0.39, 0.29) is 22.0 Å². The molecule has 0 aromatic heterocycles. The Morgan fingerprint density at radius 1 is 1.26 bits per heavy atom. The third-order valence-corrected chi connectivity index (χ3v) is 4.28. The van der Waals surface area contributed by atoms with Gasteiger partial charge < -0.3 is 10.1 Å². The molecular weight excluding hydrogens is 379 g/mol. The predicted octanol–water partition coefficient (Wildman–Crippen LogP) is 3.73. The van der Waals surface area contributed by atoms with Gasteiger partial charge in [0.25, 0.3) is 11.6 Å². The van der Waals surface area contributed by atoms with Gasteiger partial charge in [-0.25, -0.2) is 4.39 Å². The first-order chi connectivity index (χ1) is 12.7. The van der Waals surface area contributed by atoms with Gasteiger partial charge in [-0.05, 0) is 37.1 Å². The van der Waals surface area contributed by atoms with Gasteiger partial charge in [0.15, 0.2) is 6.61 Å². The normalized spacial score (nSPS) is 10.4. The van der Waals surface area contributed by atoms with Gasteiger partial charge in [-0.15, -0.1) is 0 Å². The first-order valence-corrected chi connectivity index (χ1v) is 8.21. The first kappa shape index (κ1) is 20.3. The molecule has 142 valence electrons. The Labute approximate surface area is 159 Å². The highest BCUT2D eigenvalue weighted by Gasteiger charge is 2.20. The van der Waals surface area contributed by atoms with E-state index in [9.17, 15) is 24.1 Å². The molecule has 1 amide bonds. The molecule has 2 aromatic carbocycles. The quantitative estimate of drug-likeness (QED) is 0.457. The van der Waals surface area contributed by atoms with Gasteiger partial charge in [0, 0.05) is 16.7 Å². The fraction of sp³-hybridized carbons (Fsp3) is 0.222. The summed E-state index contributed by atoms with van der Waals surface area (Å²) in [4.78, 5) is 34.4. The molecule has 9 heteroatoms. The van der Waals surface area contributed by atoms with Gasteiger partial charge in [0.2, 0.25) is 0 Å². The third-order valence-electron chi connectivity index (χ3n) is 3.92. The zero-order chi connectivity index (χ0) is 20.1. The molecule has 0 spiro atoms. The van der Waals surface area contributed by atoms with Crippen LogP contribution in [0.1, 0.15) is 16.7 Å². The average Bonchev–Trinajstić information content (AvgIpc) is 2.60. The lowest BCUT2D eigenvalue weighted by Gasteiger charge is -2.11. The minimum Gasteiger partial charge on any atom is -0.455 e. The van der Waals surface area contributed by atoms with Crippen LogP contribution < -0.4 is 5.32 Å². The van der Waals surface area contributed by atoms with Crippen molar-refractivity contribution in [1.29, 1.82) is 0 Å². The number of benzene rings is 2. The van der Waals surface area contributed by atoms with Crippen molar-refractivity contribution in [2.45, 2.75) is 20.3 Å². The molecule has 2 aromatic rings. The summed E-state index contributed by atoms with van der Waals surface area (Å²) in [5.74, 6) is -2.26. The topological polar surface area (TPSA) is 98.5 Å². The van der Waals surface area contributed by atoms with Crippen molar-refractivity contribution in [3.05, 3.63) is 68.0 Å². The summed E-state index contributed by atoms with van der Waals surface area (Å²) in [7, 11) is 0. The second-order valence-electron chi connectivity index (χ2n) is 5.74. The second kappa shape index (κ2) is 8.59. The maximum absolute atomic E-state index is 13.7. The Bertz CT molecular complexity index is 897. The number of anilines is 1. The van der Waals surface area contributed by atoms with E-state index in [1.54, 1.807) is 19.9 Å². The summed E-state index contributed by atoms with van der Waals surface area (Å²) in [5.41, 5.74) is 1.02. The molecule has 0 saturated heterocycles. The van der Waals surface area contributed by atoms with Gasteiger partial charge in [0.1, 0.15) is 11.5 Å². The number of aryl methyl sites for hydroxylation is 1. The third kappa shape index (κ3) is 5.01. The van der Waals surface area contributed by atoms with E-state index >= 15 is 0 Å². The van der Waals surface area contributed by atoms with E-state index in [1.807, 2.05) is 0 Å². The number of nitro benzene ring substituents is 1. The predicted molar refractivity (Wildman–Crippen MR) is 97.3 cm³/mol. The Morgan fingerprint density at radius 3 is 2.59 bits per heavy atom. The maximum Gasteiger partial charge on any atom is 0.310 e. The molecule has 2 rings (SSSR count). The van der Waals surface area contributed by atoms with Crippen LogP contribution in [0.15, 0.2) is 30.3 Å². The minimum absolute atomic E-state index is 0.0326. The Balaban J connectivity index is 2.02. The highest BCUT2D eigenvalue weighted by molar-refractivity contribution is 6.31. The molecule has 0 radical (unpaired) electrons. The van der Waals surface area contributed by atoms with E-state index in [0.29, 0.717) is 5.56 Å². The van der Waals surface area contributed by atoms with Crippen LogP contribution in [0, 0.1) is 29.8 Å². The molecule has 1 N–H and O–H groups in total. The molecule has 0 unspecified atom stereocenters. The number of esters is 1. The summed E-state index contributed by atoms with van der Waals surface area (Å²) in [6.07, 6.45) is -0.442. The van der Waals surface area contributed by atoms with Crippen molar-refractivity contribution in [3.8, 4) is 0 Å². The number of halogens is 2. The first-order valence-electron chi connectivity index (χ1n) is 7.83. The van der Waals surface area contributed by atoms with Gasteiger partial charge in [-0.1, -0.05) is 23.7 Å². The van der Waals surface area contributed by atoms with Crippen molar-refractivity contribution < 1.29 is 23.6 Å². The Morgan fingerprint density at radius 2 is 1.96 bits per heavy atom. The molecular formula is C18H16ClFN2O5. The molecule has 0 aliphatic rings.